The zero-order chi connectivity index (χ0) is 21.7. The van der Waals surface area contributed by atoms with Crippen LogP contribution in [0.4, 0.5) is 4.39 Å². The number of hydrogen-bond acceptors (Lipinski definition) is 4. The summed E-state index contributed by atoms with van der Waals surface area (Å²) in [5.41, 5.74) is -4.23. The molecule has 0 aromatic rings. The van der Waals surface area contributed by atoms with Crippen molar-refractivity contribution in [3.8, 4) is 0 Å². The molecule has 0 aliphatic heterocycles. The lowest BCUT2D eigenvalue weighted by molar-refractivity contribution is -0.195. The highest BCUT2D eigenvalue weighted by atomic mass is 35.5. The van der Waals surface area contributed by atoms with E-state index in [1.165, 1.54) is 12.2 Å². The molecule has 3 fully saturated rings. The largest absolute Gasteiger partial charge is 0.479 e. The molecule has 29 heavy (non-hydrogen) atoms. The van der Waals surface area contributed by atoms with Gasteiger partial charge in [-0.15, -0.1) is 11.6 Å². The van der Waals surface area contributed by atoms with E-state index in [2.05, 4.69) is 0 Å². The van der Waals surface area contributed by atoms with Crippen LogP contribution in [0.25, 0.3) is 0 Å². The van der Waals surface area contributed by atoms with E-state index in [-0.39, 0.29) is 23.4 Å². The number of alkyl halides is 2. The summed E-state index contributed by atoms with van der Waals surface area (Å²) in [4.78, 5) is 22.8. The highest BCUT2D eigenvalue weighted by Gasteiger charge is 2.76. The number of aliphatic hydroxyl groups excluding tert-OH is 1. The molecule has 0 aromatic heterocycles. The number of ketones is 1. The highest BCUT2D eigenvalue weighted by Crippen LogP contribution is 2.71. The lowest BCUT2D eigenvalue weighted by Gasteiger charge is -2.64. The summed E-state index contributed by atoms with van der Waals surface area (Å²) in [6.07, 6.45) is 0.146. The van der Waals surface area contributed by atoms with Crippen LogP contribution in [0, 0.1) is 28.6 Å². The van der Waals surface area contributed by atoms with Gasteiger partial charge >= 0.3 is 5.97 Å². The summed E-state index contributed by atoms with van der Waals surface area (Å²) in [5, 5.41) is 32.2. The molecule has 8 heteroatoms. The van der Waals surface area contributed by atoms with E-state index in [4.69, 9.17) is 23.2 Å². The van der Waals surface area contributed by atoms with Gasteiger partial charge in [0.1, 0.15) is 6.17 Å². The molecule has 0 saturated heterocycles. The average Bonchev–Trinajstić information content (AvgIpc) is 2.82. The number of halogens is 3. The molecule has 4 aliphatic carbocycles. The van der Waals surface area contributed by atoms with Crippen molar-refractivity contribution in [3.63, 3.8) is 0 Å². The first kappa shape index (κ1) is 21.3. The van der Waals surface area contributed by atoms with E-state index in [9.17, 15) is 24.9 Å². The van der Waals surface area contributed by atoms with Gasteiger partial charge in [-0.2, -0.15) is 0 Å². The maximum absolute atomic E-state index is 15.4. The topological polar surface area (TPSA) is 94.8 Å². The molecule has 9 atom stereocenters. The molecule has 0 amide bonds. The van der Waals surface area contributed by atoms with E-state index in [1.54, 1.807) is 20.8 Å². The van der Waals surface area contributed by atoms with E-state index in [1.807, 2.05) is 0 Å². The predicted octanol–water partition coefficient (Wildman–Crippen LogP) is 3.20. The molecule has 0 radical (unpaired) electrons. The van der Waals surface area contributed by atoms with Crippen molar-refractivity contribution in [2.24, 2.45) is 28.6 Å². The Bertz CT molecular complexity index is 873. The van der Waals surface area contributed by atoms with E-state index in [0.717, 1.165) is 0 Å². The maximum Gasteiger partial charge on any atom is 0.336 e. The predicted molar refractivity (Wildman–Crippen MR) is 105 cm³/mol. The SMILES string of the molecule is C[C@@H]1C[C@H]2[C@@H]3C[C@H](F)C4=CC(=O)C(Cl)=C[C@]4(C)[C@@]3(Cl)[C@@H](O)C[C@]2(C)[C@@]1(O)C(=O)O. The summed E-state index contributed by atoms with van der Waals surface area (Å²) < 4.78 is 15.4. The van der Waals surface area contributed by atoms with Crippen molar-refractivity contribution in [2.45, 2.75) is 62.8 Å². The van der Waals surface area contributed by atoms with E-state index >= 15 is 4.39 Å². The zero-order valence-corrected chi connectivity index (χ0v) is 18.0. The average molecular weight is 447 g/mol. The summed E-state index contributed by atoms with van der Waals surface area (Å²) in [6.45, 7) is 5.00. The Labute approximate surface area is 178 Å². The molecular formula is C21H25Cl2FO5. The maximum atomic E-state index is 15.4. The summed E-state index contributed by atoms with van der Waals surface area (Å²) in [5.74, 6) is -3.45. The third-order valence-corrected chi connectivity index (χ3v) is 9.81. The van der Waals surface area contributed by atoms with Crippen molar-refractivity contribution in [3.05, 3.63) is 22.8 Å². The van der Waals surface area contributed by atoms with Crippen LogP contribution in [0.5, 0.6) is 0 Å². The Morgan fingerprint density at radius 3 is 2.48 bits per heavy atom. The molecule has 0 aromatic carbocycles. The zero-order valence-electron chi connectivity index (χ0n) is 16.5. The first-order chi connectivity index (χ1) is 13.2. The Hall–Kier alpha value is -0.950. The molecule has 4 aliphatic rings. The van der Waals surface area contributed by atoms with Gasteiger partial charge in [-0.25, -0.2) is 9.18 Å². The van der Waals surface area contributed by atoms with Crippen LogP contribution in [0.3, 0.4) is 0 Å². The van der Waals surface area contributed by atoms with Gasteiger partial charge in [-0.1, -0.05) is 32.4 Å². The number of hydrogen-bond donors (Lipinski definition) is 3. The monoisotopic (exact) mass is 446 g/mol. The second kappa shape index (κ2) is 6.06. The lowest BCUT2D eigenvalue weighted by atomic mass is 9.45. The molecule has 3 saturated carbocycles. The van der Waals surface area contributed by atoms with Gasteiger partial charge in [-0.3, -0.25) is 4.79 Å². The van der Waals surface area contributed by atoms with Crippen molar-refractivity contribution in [2.75, 3.05) is 0 Å². The van der Waals surface area contributed by atoms with Crippen LogP contribution < -0.4 is 0 Å². The third-order valence-electron chi connectivity index (χ3n) is 8.59. The quantitative estimate of drug-likeness (QED) is 0.537. The Kier molecular flexibility index (Phi) is 4.45. The number of aliphatic carboxylic acids is 1. The Balaban J connectivity index is 1.90. The number of carboxylic acid groups (broad SMARTS) is 1. The minimum absolute atomic E-state index is 0.0516. The number of carbonyl (C=O) groups is 2. The third kappa shape index (κ3) is 2.24. The van der Waals surface area contributed by atoms with Crippen LogP contribution in [0.15, 0.2) is 22.8 Å². The Morgan fingerprint density at radius 2 is 1.90 bits per heavy atom. The number of aliphatic hydroxyl groups is 2. The van der Waals surface area contributed by atoms with Gasteiger partial charge in [0.15, 0.2) is 11.4 Å². The van der Waals surface area contributed by atoms with Crippen LogP contribution in [-0.2, 0) is 9.59 Å². The van der Waals surface area contributed by atoms with Gasteiger partial charge in [0, 0.05) is 10.8 Å². The van der Waals surface area contributed by atoms with Crippen molar-refractivity contribution in [1.29, 1.82) is 0 Å². The minimum atomic E-state index is -2.05. The molecule has 0 bridgehead atoms. The molecule has 5 nitrogen and oxygen atoms in total. The van der Waals surface area contributed by atoms with Gasteiger partial charge in [0.2, 0.25) is 0 Å². The van der Waals surface area contributed by atoms with E-state index < -0.39 is 63.1 Å². The number of fused-ring (bicyclic) bond motifs is 5. The molecule has 160 valence electrons. The molecule has 4 rings (SSSR count). The molecule has 0 spiro atoms. The lowest BCUT2D eigenvalue weighted by Crippen LogP contribution is -2.70. The molecular weight excluding hydrogens is 422 g/mol. The first-order valence-electron chi connectivity index (χ1n) is 9.86. The van der Waals surface area contributed by atoms with Crippen LogP contribution in [-0.4, -0.2) is 49.8 Å². The molecule has 0 unspecified atom stereocenters. The van der Waals surface area contributed by atoms with Crippen molar-refractivity contribution < 1.29 is 29.3 Å². The molecule has 0 heterocycles. The smallest absolute Gasteiger partial charge is 0.336 e. The fourth-order valence-corrected chi connectivity index (χ4v) is 7.80. The number of carbonyl (C=O) groups excluding carboxylic acids is 1. The number of carboxylic acids is 1. The van der Waals surface area contributed by atoms with Crippen molar-refractivity contribution in [1.82, 2.24) is 0 Å². The number of allylic oxidation sites excluding steroid dienone is 4. The van der Waals surface area contributed by atoms with Gasteiger partial charge in [-0.05, 0) is 54.7 Å². The normalized spacial score (nSPS) is 54.1. The molecule has 3 N–H and O–H groups in total. The second-order valence-corrected chi connectivity index (χ2v) is 10.7. The van der Waals surface area contributed by atoms with Crippen LogP contribution >= 0.6 is 23.2 Å². The van der Waals surface area contributed by atoms with E-state index in [0.29, 0.717) is 6.42 Å². The van der Waals surface area contributed by atoms with Crippen molar-refractivity contribution >= 4 is 35.0 Å². The fourth-order valence-electron chi connectivity index (χ4n) is 7.05. The van der Waals surface area contributed by atoms with Gasteiger partial charge in [0.05, 0.1) is 16.0 Å². The standard InChI is InChI=1S/C21H25Cl2FO5/c1-9-4-10-11-5-14(24)12-6-15(25)13(22)7-18(12,2)20(11,23)16(26)8-19(10,3)21(9,29)17(27)28/h6-7,9-11,14,16,26,29H,4-5,8H2,1-3H3,(H,27,28)/t9-,10+,11+,14+,16+,18+,19+,20+,21+/m1/s1. The van der Waals surface area contributed by atoms with Crippen LogP contribution in [0.1, 0.15) is 40.0 Å². The first-order valence-corrected chi connectivity index (χ1v) is 10.6. The fraction of sp³-hybridized carbons (Fsp3) is 0.714. The highest BCUT2D eigenvalue weighted by molar-refractivity contribution is 6.45. The minimum Gasteiger partial charge on any atom is -0.479 e. The Morgan fingerprint density at radius 1 is 1.28 bits per heavy atom. The summed E-state index contributed by atoms with van der Waals surface area (Å²) in [7, 11) is 0. The summed E-state index contributed by atoms with van der Waals surface area (Å²) >= 11 is 13.3. The van der Waals surface area contributed by atoms with Gasteiger partial charge in [0.25, 0.3) is 0 Å². The summed E-state index contributed by atoms with van der Waals surface area (Å²) in [6, 6.07) is 0. The number of rotatable bonds is 1. The van der Waals surface area contributed by atoms with Crippen LogP contribution in [0.2, 0.25) is 0 Å². The van der Waals surface area contributed by atoms with Gasteiger partial charge < -0.3 is 15.3 Å². The second-order valence-electron chi connectivity index (χ2n) is 9.69.